The first-order valence-corrected chi connectivity index (χ1v) is 10.1. The second kappa shape index (κ2) is 7.99. The van der Waals surface area contributed by atoms with Crippen molar-refractivity contribution in [3.05, 3.63) is 29.4 Å². The van der Waals surface area contributed by atoms with Gasteiger partial charge in [0, 0.05) is 25.8 Å². The van der Waals surface area contributed by atoms with Crippen LogP contribution in [0, 0.1) is 5.92 Å². The Hall–Kier alpha value is -2.55. The summed E-state index contributed by atoms with van der Waals surface area (Å²) in [7, 11) is 0. The van der Waals surface area contributed by atoms with E-state index < -0.39 is 0 Å². The molecule has 0 bridgehead atoms. The molecule has 3 heterocycles. The lowest BCUT2D eigenvalue weighted by Crippen LogP contribution is -2.51. The number of nitrogens with one attached hydrogen (secondary N) is 1. The summed E-state index contributed by atoms with van der Waals surface area (Å²) >= 11 is 1.26. The summed E-state index contributed by atoms with van der Waals surface area (Å²) in [5.41, 5.74) is 2.00. The molecule has 2 aromatic rings. The van der Waals surface area contributed by atoms with Gasteiger partial charge >= 0.3 is 0 Å². The summed E-state index contributed by atoms with van der Waals surface area (Å²) in [4.78, 5) is 33.0. The van der Waals surface area contributed by atoms with Gasteiger partial charge in [0.05, 0.1) is 12.1 Å². The standard InChI is InChI=1S/C18H22N6O2S/c25-16-11-23(7-8-24(16)10-13-3-1-2-4-13)15-6-5-14(9-19-15)17(26)21-18-22-20-12-27-18/h5-6,9,12-13H,1-4,7-8,10-11H2,(H,21,22,26). The minimum Gasteiger partial charge on any atom is -0.346 e. The largest absolute Gasteiger partial charge is 0.346 e. The summed E-state index contributed by atoms with van der Waals surface area (Å²) in [6.07, 6.45) is 6.61. The van der Waals surface area contributed by atoms with Crippen LogP contribution in [0.3, 0.4) is 0 Å². The number of rotatable bonds is 5. The van der Waals surface area contributed by atoms with E-state index in [-0.39, 0.29) is 11.8 Å². The molecular weight excluding hydrogens is 364 g/mol. The van der Waals surface area contributed by atoms with E-state index in [2.05, 4.69) is 20.5 Å². The van der Waals surface area contributed by atoms with Crippen LogP contribution in [0.25, 0.3) is 0 Å². The van der Waals surface area contributed by atoms with Gasteiger partial charge in [-0.15, -0.1) is 10.2 Å². The van der Waals surface area contributed by atoms with Gasteiger partial charge in [-0.25, -0.2) is 4.98 Å². The lowest BCUT2D eigenvalue weighted by molar-refractivity contribution is -0.131. The summed E-state index contributed by atoms with van der Waals surface area (Å²) < 4.78 is 0. The Balaban J connectivity index is 1.34. The van der Waals surface area contributed by atoms with Gasteiger partial charge in [0.15, 0.2) is 0 Å². The Morgan fingerprint density at radius 1 is 1.26 bits per heavy atom. The normalized spacial score (nSPS) is 18.1. The third kappa shape index (κ3) is 4.24. The predicted octanol–water partition coefficient (Wildman–Crippen LogP) is 2.02. The molecule has 27 heavy (non-hydrogen) atoms. The van der Waals surface area contributed by atoms with Crippen molar-refractivity contribution in [3.63, 3.8) is 0 Å². The van der Waals surface area contributed by atoms with Gasteiger partial charge in [0.2, 0.25) is 11.0 Å². The number of hydrogen-bond acceptors (Lipinski definition) is 7. The Kier molecular flexibility index (Phi) is 5.28. The maximum absolute atomic E-state index is 12.5. The number of pyridine rings is 1. The van der Waals surface area contributed by atoms with Crippen LogP contribution in [0.1, 0.15) is 36.0 Å². The molecule has 2 aliphatic rings. The molecule has 1 N–H and O–H groups in total. The molecule has 142 valence electrons. The number of piperazine rings is 1. The number of carbonyl (C=O) groups is 2. The Bertz CT molecular complexity index is 789. The van der Waals surface area contributed by atoms with Crippen molar-refractivity contribution < 1.29 is 9.59 Å². The molecule has 0 aromatic carbocycles. The van der Waals surface area contributed by atoms with Gasteiger partial charge in [0.25, 0.3) is 5.91 Å². The fraction of sp³-hybridized carbons (Fsp3) is 0.500. The quantitative estimate of drug-likeness (QED) is 0.845. The number of anilines is 2. The van der Waals surface area contributed by atoms with E-state index in [4.69, 9.17) is 0 Å². The first-order valence-electron chi connectivity index (χ1n) is 9.25. The highest BCUT2D eigenvalue weighted by atomic mass is 32.1. The van der Waals surface area contributed by atoms with Crippen LogP contribution in [-0.2, 0) is 4.79 Å². The number of amides is 2. The maximum atomic E-state index is 12.5. The molecular formula is C18H22N6O2S. The third-order valence-electron chi connectivity index (χ3n) is 5.19. The molecule has 2 amide bonds. The number of hydrogen-bond donors (Lipinski definition) is 1. The lowest BCUT2D eigenvalue weighted by atomic mass is 10.1. The molecule has 9 heteroatoms. The molecule has 0 unspecified atom stereocenters. The third-order valence-corrected chi connectivity index (χ3v) is 5.79. The van der Waals surface area contributed by atoms with E-state index in [9.17, 15) is 9.59 Å². The average molecular weight is 386 g/mol. The molecule has 1 aliphatic carbocycles. The highest BCUT2D eigenvalue weighted by Gasteiger charge is 2.27. The molecule has 2 fully saturated rings. The predicted molar refractivity (Wildman–Crippen MR) is 103 cm³/mol. The fourth-order valence-electron chi connectivity index (χ4n) is 3.71. The zero-order valence-corrected chi connectivity index (χ0v) is 15.8. The first-order chi connectivity index (χ1) is 13.2. The van der Waals surface area contributed by atoms with Gasteiger partial charge in [-0.3, -0.25) is 14.9 Å². The molecule has 2 aromatic heterocycles. The highest BCUT2D eigenvalue weighted by Crippen LogP contribution is 2.26. The molecule has 0 radical (unpaired) electrons. The van der Waals surface area contributed by atoms with E-state index >= 15 is 0 Å². The highest BCUT2D eigenvalue weighted by molar-refractivity contribution is 7.13. The van der Waals surface area contributed by atoms with E-state index in [0.29, 0.717) is 23.2 Å². The second-order valence-electron chi connectivity index (χ2n) is 7.01. The van der Waals surface area contributed by atoms with Gasteiger partial charge in [-0.2, -0.15) is 0 Å². The lowest BCUT2D eigenvalue weighted by Gasteiger charge is -2.36. The van der Waals surface area contributed by atoms with Crippen LogP contribution in [-0.4, -0.2) is 58.1 Å². The van der Waals surface area contributed by atoms with Crippen LogP contribution in [0.5, 0.6) is 0 Å². The van der Waals surface area contributed by atoms with Gasteiger partial charge in [0.1, 0.15) is 11.3 Å². The Morgan fingerprint density at radius 2 is 2.11 bits per heavy atom. The van der Waals surface area contributed by atoms with E-state index in [0.717, 1.165) is 25.5 Å². The van der Waals surface area contributed by atoms with Crippen molar-refractivity contribution in [3.8, 4) is 0 Å². The van der Waals surface area contributed by atoms with E-state index in [1.165, 1.54) is 43.2 Å². The van der Waals surface area contributed by atoms with Gasteiger partial charge < -0.3 is 9.80 Å². The van der Waals surface area contributed by atoms with Crippen molar-refractivity contribution in [2.75, 3.05) is 36.4 Å². The summed E-state index contributed by atoms with van der Waals surface area (Å²) in [6.45, 7) is 2.74. The topological polar surface area (TPSA) is 91.3 Å². The van der Waals surface area contributed by atoms with Crippen molar-refractivity contribution in [2.24, 2.45) is 5.92 Å². The minimum absolute atomic E-state index is 0.160. The summed E-state index contributed by atoms with van der Waals surface area (Å²) in [5.74, 6) is 1.28. The van der Waals surface area contributed by atoms with Crippen LogP contribution < -0.4 is 10.2 Å². The zero-order chi connectivity index (χ0) is 18.6. The summed E-state index contributed by atoms with van der Waals surface area (Å²) in [6, 6.07) is 3.50. The van der Waals surface area contributed by atoms with Crippen molar-refractivity contribution in [2.45, 2.75) is 25.7 Å². The monoisotopic (exact) mass is 386 g/mol. The van der Waals surface area contributed by atoms with Gasteiger partial charge in [-0.05, 0) is 30.9 Å². The maximum Gasteiger partial charge on any atom is 0.259 e. The molecule has 1 saturated carbocycles. The first kappa shape index (κ1) is 17.8. The average Bonchev–Trinajstić information content (AvgIpc) is 3.38. The molecule has 0 atom stereocenters. The smallest absolute Gasteiger partial charge is 0.259 e. The van der Waals surface area contributed by atoms with E-state index in [1.54, 1.807) is 17.6 Å². The van der Waals surface area contributed by atoms with Crippen LogP contribution >= 0.6 is 11.3 Å². The van der Waals surface area contributed by atoms with Crippen LogP contribution in [0.4, 0.5) is 10.9 Å². The van der Waals surface area contributed by atoms with Crippen molar-refractivity contribution in [1.82, 2.24) is 20.1 Å². The van der Waals surface area contributed by atoms with Crippen LogP contribution in [0.15, 0.2) is 23.8 Å². The van der Waals surface area contributed by atoms with Crippen molar-refractivity contribution >= 4 is 34.1 Å². The molecule has 1 saturated heterocycles. The van der Waals surface area contributed by atoms with Crippen LogP contribution in [0.2, 0.25) is 0 Å². The fourth-order valence-corrected chi connectivity index (χ4v) is 4.15. The van der Waals surface area contributed by atoms with Gasteiger partial charge in [-0.1, -0.05) is 24.2 Å². The number of aromatic nitrogens is 3. The molecule has 0 spiro atoms. The SMILES string of the molecule is O=C(Nc1nncs1)c1ccc(N2CCN(CC3CCCC3)C(=O)C2)nc1. The molecule has 1 aliphatic heterocycles. The number of nitrogens with zero attached hydrogens (tertiary/aromatic N) is 5. The van der Waals surface area contributed by atoms with Crippen molar-refractivity contribution in [1.29, 1.82) is 0 Å². The Morgan fingerprint density at radius 3 is 2.78 bits per heavy atom. The van der Waals surface area contributed by atoms with E-state index in [1.807, 2.05) is 9.80 Å². The zero-order valence-electron chi connectivity index (χ0n) is 15.0. The number of carbonyl (C=O) groups excluding carboxylic acids is 2. The summed E-state index contributed by atoms with van der Waals surface area (Å²) in [5, 5.41) is 10.6. The Labute approximate surface area is 161 Å². The molecule has 8 nitrogen and oxygen atoms in total. The molecule has 4 rings (SSSR count). The minimum atomic E-state index is -0.275. The second-order valence-corrected chi connectivity index (χ2v) is 7.85.